The number of halogens is 1. The Morgan fingerprint density at radius 2 is 2.35 bits per heavy atom. The molecule has 1 N–H and O–H groups in total. The highest BCUT2D eigenvalue weighted by molar-refractivity contribution is 6.32. The van der Waals surface area contributed by atoms with Crippen LogP contribution in [0.25, 0.3) is 0 Å². The van der Waals surface area contributed by atoms with Gasteiger partial charge in [-0.2, -0.15) is 5.26 Å². The largest absolute Gasteiger partial charge is 0.382 e. The minimum Gasteiger partial charge on any atom is -0.382 e. The van der Waals surface area contributed by atoms with Gasteiger partial charge in [-0.05, 0) is 38.0 Å². The van der Waals surface area contributed by atoms with E-state index >= 15 is 0 Å². The quantitative estimate of drug-likeness (QED) is 0.896. The molecule has 1 aliphatic rings. The number of hydrogen-bond acceptors (Lipinski definition) is 3. The fourth-order valence-electron chi connectivity index (χ4n) is 1.98. The predicted octanol–water partition coefficient (Wildman–Crippen LogP) is 3.19. The zero-order valence-corrected chi connectivity index (χ0v) is 10.5. The van der Waals surface area contributed by atoms with Crippen molar-refractivity contribution in [3.8, 4) is 6.07 Å². The van der Waals surface area contributed by atoms with Crippen molar-refractivity contribution in [3.05, 3.63) is 28.8 Å². The molecule has 1 fully saturated rings. The molecule has 0 radical (unpaired) electrons. The second-order valence-electron chi connectivity index (χ2n) is 4.33. The average Bonchev–Trinajstić information content (AvgIpc) is 2.73. The first-order chi connectivity index (χ1) is 8.19. The fourth-order valence-corrected chi connectivity index (χ4v) is 2.21. The Morgan fingerprint density at radius 1 is 1.53 bits per heavy atom. The van der Waals surface area contributed by atoms with E-state index in [0.29, 0.717) is 16.7 Å². The first kappa shape index (κ1) is 12.2. The Balaban J connectivity index is 1.91. The van der Waals surface area contributed by atoms with Crippen LogP contribution in [-0.4, -0.2) is 18.8 Å². The molecule has 1 aromatic rings. The van der Waals surface area contributed by atoms with Crippen LogP contribution < -0.4 is 5.32 Å². The normalized spacial score (nSPS) is 23.4. The molecule has 0 amide bonds. The number of rotatable bonds is 3. The van der Waals surface area contributed by atoms with E-state index in [-0.39, 0.29) is 6.10 Å². The molecule has 0 spiro atoms. The van der Waals surface area contributed by atoms with Gasteiger partial charge in [0.25, 0.3) is 0 Å². The van der Waals surface area contributed by atoms with Crippen LogP contribution in [0.15, 0.2) is 18.2 Å². The van der Waals surface area contributed by atoms with E-state index in [1.54, 1.807) is 12.1 Å². The van der Waals surface area contributed by atoms with Gasteiger partial charge in [0.2, 0.25) is 0 Å². The van der Waals surface area contributed by atoms with Crippen molar-refractivity contribution in [2.24, 2.45) is 0 Å². The van der Waals surface area contributed by atoms with E-state index in [0.717, 1.165) is 25.1 Å². The van der Waals surface area contributed by atoms with Gasteiger partial charge in [0.15, 0.2) is 0 Å². The van der Waals surface area contributed by atoms with Gasteiger partial charge in [0.1, 0.15) is 6.07 Å². The van der Waals surface area contributed by atoms with Crippen LogP contribution in [0, 0.1) is 11.3 Å². The lowest BCUT2D eigenvalue weighted by Crippen LogP contribution is -2.19. The Hall–Kier alpha value is -1.24. The lowest BCUT2D eigenvalue weighted by molar-refractivity contribution is 0.0637. The zero-order chi connectivity index (χ0) is 12.3. The number of hydrogen-bond donors (Lipinski definition) is 1. The van der Waals surface area contributed by atoms with E-state index in [1.165, 1.54) is 0 Å². The van der Waals surface area contributed by atoms with E-state index in [2.05, 4.69) is 12.2 Å². The van der Waals surface area contributed by atoms with E-state index in [9.17, 15) is 0 Å². The molecular weight excluding hydrogens is 236 g/mol. The van der Waals surface area contributed by atoms with Crippen LogP contribution in [0.5, 0.6) is 0 Å². The standard InChI is InChI=1S/C13H15ClN2O/c1-9-2-5-12(17-9)8-16-11-4-3-10(7-15)13(14)6-11/h3-4,6,9,12,16H,2,5,8H2,1H3. The second kappa shape index (κ2) is 5.39. The van der Waals surface area contributed by atoms with Crippen LogP contribution in [0.2, 0.25) is 5.02 Å². The first-order valence-corrected chi connectivity index (χ1v) is 6.16. The molecule has 2 atom stereocenters. The summed E-state index contributed by atoms with van der Waals surface area (Å²) < 4.78 is 5.71. The molecule has 0 aliphatic carbocycles. The van der Waals surface area contributed by atoms with Crippen LogP contribution in [0.1, 0.15) is 25.3 Å². The van der Waals surface area contributed by atoms with Crippen molar-refractivity contribution in [2.75, 3.05) is 11.9 Å². The number of nitrogens with zero attached hydrogens (tertiary/aromatic N) is 1. The van der Waals surface area contributed by atoms with Gasteiger partial charge >= 0.3 is 0 Å². The van der Waals surface area contributed by atoms with E-state index in [1.807, 2.05) is 12.1 Å². The molecule has 0 bridgehead atoms. The molecule has 1 aliphatic heterocycles. The highest BCUT2D eigenvalue weighted by atomic mass is 35.5. The smallest absolute Gasteiger partial charge is 0.101 e. The van der Waals surface area contributed by atoms with Crippen molar-refractivity contribution in [3.63, 3.8) is 0 Å². The monoisotopic (exact) mass is 250 g/mol. The number of ether oxygens (including phenoxy) is 1. The first-order valence-electron chi connectivity index (χ1n) is 5.78. The van der Waals surface area contributed by atoms with Crippen molar-refractivity contribution in [2.45, 2.75) is 32.0 Å². The molecule has 0 aromatic heterocycles. The van der Waals surface area contributed by atoms with Gasteiger partial charge in [-0.25, -0.2) is 0 Å². The van der Waals surface area contributed by atoms with Gasteiger partial charge in [-0.3, -0.25) is 0 Å². The summed E-state index contributed by atoms with van der Waals surface area (Å²) >= 11 is 5.95. The Bertz CT molecular complexity index is 442. The van der Waals surface area contributed by atoms with Crippen LogP contribution in [0.4, 0.5) is 5.69 Å². The number of benzene rings is 1. The molecule has 3 nitrogen and oxygen atoms in total. The van der Waals surface area contributed by atoms with Crippen LogP contribution >= 0.6 is 11.6 Å². The third kappa shape index (κ3) is 3.12. The fraction of sp³-hybridized carbons (Fsp3) is 0.462. The molecule has 2 rings (SSSR count). The second-order valence-corrected chi connectivity index (χ2v) is 4.74. The van der Waals surface area contributed by atoms with Crippen LogP contribution in [-0.2, 0) is 4.74 Å². The number of nitrogens with one attached hydrogen (secondary N) is 1. The molecular formula is C13H15ClN2O. The lowest BCUT2D eigenvalue weighted by atomic mass is 10.2. The Morgan fingerprint density at radius 3 is 2.94 bits per heavy atom. The van der Waals surface area contributed by atoms with Crippen molar-refractivity contribution in [1.29, 1.82) is 5.26 Å². The summed E-state index contributed by atoms with van der Waals surface area (Å²) in [6, 6.07) is 7.41. The predicted molar refractivity (Wildman–Crippen MR) is 68.2 cm³/mol. The lowest BCUT2D eigenvalue weighted by Gasteiger charge is -2.13. The molecule has 1 aromatic carbocycles. The molecule has 0 saturated carbocycles. The minimum absolute atomic E-state index is 0.277. The topological polar surface area (TPSA) is 45.0 Å². The number of nitriles is 1. The highest BCUT2D eigenvalue weighted by Crippen LogP contribution is 2.22. The van der Waals surface area contributed by atoms with Crippen LogP contribution in [0.3, 0.4) is 0 Å². The van der Waals surface area contributed by atoms with Gasteiger partial charge in [0.05, 0.1) is 22.8 Å². The summed E-state index contributed by atoms with van der Waals surface area (Å²) in [5.41, 5.74) is 1.43. The van der Waals surface area contributed by atoms with Gasteiger partial charge in [-0.1, -0.05) is 11.6 Å². The van der Waals surface area contributed by atoms with Gasteiger partial charge in [-0.15, -0.1) is 0 Å². The van der Waals surface area contributed by atoms with Gasteiger partial charge in [0, 0.05) is 12.2 Å². The summed E-state index contributed by atoms with van der Waals surface area (Å²) in [7, 11) is 0. The molecule has 1 heterocycles. The molecule has 4 heteroatoms. The summed E-state index contributed by atoms with van der Waals surface area (Å²) in [5.74, 6) is 0. The molecule has 1 saturated heterocycles. The maximum atomic E-state index is 8.77. The summed E-state index contributed by atoms with van der Waals surface area (Å²) in [6.07, 6.45) is 2.87. The maximum absolute atomic E-state index is 8.77. The van der Waals surface area contributed by atoms with Gasteiger partial charge < -0.3 is 10.1 Å². The third-order valence-electron chi connectivity index (χ3n) is 2.94. The summed E-state index contributed by atoms with van der Waals surface area (Å²) in [4.78, 5) is 0. The third-order valence-corrected chi connectivity index (χ3v) is 3.26. The Kier molecular flexibility index (Phi) is 3.88. The molecule has 90 valence electrons. The summed E-state index contributed by atoms with van der Waals surface area (Å²) in [6.45, 7) is 2.88. The highest BCUT2D eigenvalue weighted by Gasteiger charge is 2.21. The minimum atomic E-state index is 0.277. The van der Waals surface area contributed by atoms with E-state index < -0.39 is 0 Å². The maximum Gasteiger partial charge on any atom is 0.101 e. The Labute approximate surface area is 106 Å². The molecule has 17 heavy (non-hydrogen) atoms. The molecule has 2 unspecified atom stereocenters. The zero-order valence-electron chi connectivity index (χ0n) is 9.74. The van der Waals surface area contributed by atoms with Crippen molar-refractivity contribution >= 4 is 17.3 Å². The summed E-state index contributed by atoms with van der Waals surface area (Å²) in [5, 5.41) is 12.5. The van der Waals surface area contributed by atoms with Crippen molar-refractivity contribution < 1.29 is 4.74 Å². The number of anilines is 1. The average molecular weight is 251 g/mol. The van der Waals surface area contributed by atoms with E-state index in [4.69, 9.17) is 21.6 Å². The SMILES string of the molecule is CC1CCC(CNc2ccc(C#N)c(Cl)c2)O1. The van der Waals surface area contributed by atoms with Crippen molar-refractivity contribution in [1.82, 2.24) is 0 Å².